The van der Waals surface area contributed by atoms with E-state index in [2.05, 4.69) is 10.3 Å². The molecule has 0 radical (unpaired) electrons. The number of hydrogen-bond acceptors (Lipinski definition) is 8. The molecule has 0 unspecified atom stereocenters. The zero-order valence-corrected chi connectivity index (χ0v) is 20.2. The van der Waals surface area contributed by atoms with E-state index in [9.17, 15) is 9.59 Å². The monoisotopic (exact) mass is 473 g/mol. The molecular formula is C25H35N3O6. The number of rotatable bonds is 11. The molecule has 1 aromatic carbocycles. The first kappa shape index (κ1) is 25.6. The van der Waals surface area contributed by atoms with Gasteiger partial charge in [0.1, 0.15) is 12.4 Å². The summed E-state index contributed by atoms with van der Waals surface area (Å²) in [4.78, 5) is 31.2. The smallest absolute Gasteiger partial charge is 0.407 e. The number of carbonyl (C=O) groups excluding carboxylic acids is 2. The molecule has 1 N–H and O–H groups in total. The van der Waals surface area contributed by atoms with E-state index in [0.717, 1.165) is 18.4 Å². The van der Waals surface area contributed by atoms with E-state index < -0.39 is 12.1 Å². The van der Waals surface area contributed by atoms with Crippen LogP contribution in [0.2, 0.25) is 0 Å². The summed E-state index contributed by atoms with van der Waals surface area (Å²) in [6.45, 7) is 7.98. The number of aromatic nitrogens is 1. The second-order valence-corrected chi connectivity index (χ2v) is 8.15. The third-order valence-corrected chi connectivity index (χ3v) is 5.66. The molecule has 1 aromatic heterocycles. The predicted molar refractivity (Wildman–Crippen MR) is 127 cm³/mol. The molecule has 1 aliphatic heterocycles. The van der Waals surface area contributed by atoms with Crippen LogP contribution in [0.15, 0.2) is 34.7 Å². The van der Waals surface area contributed by atoms with Gasteiger partial charge in [0, 0.05) is 19.6 Å². The number of hydrogen-bond donors (Lipinski definition) is 1. The first-order valence-corrected chi connectivity index (χ1v) is 12.1. The van der Waals surface area contributed by atoms with Crippen molar-refractivity contribution in [2.75, 3.05) is 31.2 Å². The van der Waals surface area contributed by atoms with Crippen molar-refractivity contribution in [3.8, 4) is 0 Å². The average Bonchev–Trinajstić information content (AvgIpc) is 3.29. The number of oxazole rings is 1. The lowest BCUT2D eigenvalue weighted by Gasteiger charge is -2.37. The number of carbonyl (C=O) groups is 2. The van der Waals surface area contributed by atoms with Crippen molar-refractivity contribution in [2.24, 2.45) is 0 Å². The van der Waals surface area contributed by atoms with Gasteiger partial charge in [0.05, 0.1) is 25.3 Å². The molecule has 186 valence electrons. The Morgan fingerprint density at radius 3 is 2.68 bits per heavy atom. The van der Waals surface area contributed by atoms with Crippen LogP contribution in [0.5, 0.6) is 0 Å². The van der Waals surface area contributed by atoms with Crippen LogP contribution in [0, 0.1) is 0 Å². The summed E-state index contributed by atoms with van der Waals surface area (Å²) in [7, 11) is 0. The maximum Gasteiger partial charge on any atom is 0.407 e. The highest BCUT2D eigenvalue weighted by Gasteiger charge is 2.34. The Kier molecular flexibility index (Phi) is 9.75. The Labute approximate surface area is 200 Å². The lowest BCUT2D eigenvalue weighted by molar-refractivity contribution is 0.0252. The molecule has 1 amide bonds. The zero-order chi connectivity index (χ0) is 24.3. The van der Waals surface area contributed by atoms with Gasteiger partial charge in [-0.1, -0.05) is 50.6 Å². The van der Waals surface area contributed by atoms with Gasteiger partial charge in [-0.05, 0) is 25.3 Å². The summed E-state index contributed by atoms with van der Waals surface area (Å²) in [5.41, 5.74) is 1.15. The highest BCUT2D eigenvalue weighted by molar-refractivity contribution is 5.88. The minimum Gasteiger partial charge on any atom is -0.461 e. The Morgan fingerprint density at radius 1 is 1.18 bits per heavy atom. The fourth-order valence-corrected chi connectivity index (χ4v) is 3.81. The molecule has 2 aromatic rings. The Hall–Kier alpha value is -3.07. The number of unbranched alkanes of at least 4 members (excludes halogenated alkanes) is 1. The summed E-state index contributed by atoms with van der Waals surface area (Å²) in [5.74, 6) is 0.0496. The third kappa shape index (κ3) is 6.96. The zero-order valence-electron chi connectivity index (χ0n) is 20.2. The summed E-state index contributed by atoms with van der Waals surface area (Å²) in [5, 5.41) is 2.93. The average molecular weight is 474 g/mol. The standard InChI is InChI=1S/C25H35N3O6/c1-4-7-15-32-23(29)22-20(5-2)34-24(27-22)28-14-13-19(21(16-28)31-6-3)26-25(30)33-17-18-11-9-8-10-12-18/h8-12,19,21H,4-7,13-17H2,1-3H3,(H,26,30)/t19-,21+/m0/s1. The molecule has 3 rings (SSSR count). The molecule has 9 heteroatoms. The molecule has 0 spiro atoms. The Morgan fingerprint density at radius 2 is 1.97 bits per heavy atom. The van der Waals surface area contributed by atoms with Gasteiger partial charge in [-0.3, -0.25) is 0 Å². The number of nitrogens with zero attached hydrogens (tertiary/aromatic N) is 2. The van der Waals surface area contributed by atoms with Crippen LogP contribution in [-0.2, 0) is 27.2 Å². The molecule has 1 saturated heterocycles. The number of aryl methyl sites for hydroxylation is 1. The molecule has 34 heavy (non-hydrogen) atoms. The number of benzene rings is 1. The van der Waals surface area contributed by atoms with Crippen molar-refractivity contribution in [2.45, 2.75) is 65.2 Å². The molecule has 0 bridgehead atoms. The van der Waals surface area contributed by atoms with Gasteiger partial charge in [0.2, 0.25) is 0 Å². The van der Waals surface area contributed by atoms with Crippen LogP contribution in [0.3, 0.4) is 0 Å². The van der Waals surface area contributed by atoms with Crippen LogP contribution in [0.25, 0.3) is 0 Å². The van der Waals surface area contributed by atoms with Crippen molar-refractivity contribution in [3.63, 3.8) is 0 Å². The summed E-state index contributed by atoms with van der Waals surface area (Å²) < 4.78 is 22.5. The van der Waals surface area contributed by atoms with E-state index in [0.29, 0.717) is 50.9 Å². The fraction of sp³-hybridized carbons (Fsp3) is 0.560. The van der Waals surface area contributed by atoms with Crippen molar-refractivity contribution in [3.05, 3.63) is 47.3 Å². The Balaban J connectivity index is 1.60. The molecule has 1 fully saturated rings. The van der Waals surface area contributed by atoms with Gasteiger partial charge in [0.15, 0.2) is 5.69 Å². The lowest BCUT2D eigenvalue weighted by atomic mass is 10.0. The van der Waals surface area contributed by atoms with Crippen LogP contribution < -0.4 is 10.2 Å². The Bertz CT molecular complexity index is 917. The van der Waals surface area contributed by atoms with Gasteiger partial charge in [-0.15, -0.1) is 0 Å². The van der Waals surface area contributed by atoms with Crippen molar-refractivity contribution < 1.29 is 28.2 Å². The highest BCUT2D eigenvalue weighted by Crippen LogP contribution is 2.25. The number of ether oxygens (including phenoxy) is 3. The number of anilines is 1. The van der Waals surface area contributed by atoms with Gasteiger partial charge < -0.3 is 28.8 Å². The minimum absolute atomic E-state index is 0.206. The van der Waals surface area contributed by atoms with Gasteiger partial charge >= 0.3 is 12.1 Å². The topological polar surface area (TPSA) is 103 Å². The van der Waals surface area contributed by atoms with E-state index in [1.807, 2.05) is 56.0 Å². The van der Waals surface area contributed by atoms with Crippen LogP contribution in [-0.4, -0.2) is 55.5 Å². The summed E-state index contributed by atoms with van der Waals surface area (Å²) in [6, 6.07) is 9.70. The number of esters is 1. The van der Waals surface area contributed by atoms with E-state index in [4.69, 9.17) is 18.6 Å². The second kappa shape index (κ2) is 13.0. The second-order valence-electron chi connectivity index (χ2n) is 8.15. The third-order valence-electron chi connectivity index (χ3n) is 5.66. The lowest BCUT2D eigenvalue weighted by Crippen LogP contribution is -2.55. The molecule has 0 aliphatic carbocycles. The van der Waals surface area contributed by atoms with Crippen LogP contribution in [0.1, 0.15) is 61.8 Å². The van der Waals surface area contributed by atoms with E-state index in [1.165, 1.54) is 0 Å². The van der Waals surface area contributed by atoms with Gasteiger partial charge in [-0.2, -0.15) is 4.98 Å². The quantitative estimate of drug-likeness (QED) is 0.384. The highest BCUT2D eigenvalue weighted by atomic mass is 16.6. The van der Waals surface area contributed by atoms with Crippen molar-refractivity contribution in [1.82, 2.24) is 10.3 Å². The largest absolute Gasteiger partial charge is 0.461 e. The van der Waals surface area contributed by atoms with Crippen molar-refractivity contribution in [1.29, 1.82) is 0 Å². The first-order valence-electron chi connectivity index (χ1n) is 12.1. The number of amides is 1. The maximum absolute atomic E-state index is 12.5. The molecule has 0 saturated carbocycles. The summed E-state index contributed by atoms with van der Waals surface area (Å²) in [6.07, 6.45) is 2.15. The van der Waals surface area contributed by atoms with Gasteiger partial charge in [-0.25, -0.2) is 9.59 Å². The fourth-order valence-electron chi connectivity index (χ4n) is 3.81. The molecule has 1 aliphatic rings. The SMILES string of the molecule is CCCCOC(=O)c1nc(N2CC[C@H](NC(=O)OCc3ccccc3)[C@H](OCC)C2)oc1CC. The normalized spacial score (nSPS) is 17.9. The number of alkyl carbamates (subject to hydrolysis) is 1. The van der Waals surface area contributed by atoms with E-state index >= 15 is 0 Å². The number of piperidine rings is 1. The number of nitrogens with one attached hydrogen (secondary N) is 1. The maximum atomic E-state index is 12.5. The first-order chi connectivity index (χ1) is 16.5. The minimum atomic E-state index is -0.478. The summed E-state index contributed by atoms with van der Waals surface area (Å²) >= 11 is 0. The van der Waals surface area contributed by atoms with Gasteiger partial charge in [0.25, 0.3) is 6.01 Å². The van der Waals surface area contributed by atoms with E-state index in [-0.39, 0.29) is 24.4 Å². The van der Waals surface area contributed by atoms with Crippen molar-refractivity contribution >= 4 is 18.1 Å². The molecular weight excluding hydrogens is 438 g/mol. The predicted octanol–water partition coefficient (Wildman–Crippen LogP) is 4.10. The molecule has 2 heterocycles. The van der Waals surface area contributed by atoms with Crippen LogP contribution >= 0.6 is 0 Å². The van der Waals surface area contributed by atoms with Crippen LogP contribution in [0.4, 0.5) is 10.8 Å². The molecule has 9 nitrogen and oxygen atoms in total. The van der Waals surface area contributed by atoms with E-state index in [1.54, 1.807) is 0 Å². The molecule has 2 atom stereocenters.